The van der Waals surface area contributed by atoms with Crippen LogP contribution in [0.25, 0.3) is 11.0 Å². The van der Waals surface area contributed by atoms with Gasteiger partial charge in [-0.15, -0.1) is 0 Å². The first-order valence-corrected chi connectivity index (χ1v) is 7.63. The number of carbonyl (C=O) groups excluding carboxylic acids is 1. The van der Waals surface area contributed by atoms with Crippen LogP contribution >= 0.6 is 0 Å². The third-order valence-electron chi connectivity index (χ3n) is 3.42. The van der Waals surface area contributed by atoms with Gasteiger partial charge >= 0.3 is 12.4 Å². The van der Waals surface area contributed by atoms with E-state index in [1.54, 1.807) is 0 Å². The van der Waals surface area contributed by atoms with Crippen LogP contribution in [0.5, 0.6) is 0 Å². The molecule has 0 atom stereocenters. The highest BCUT2D eigenvalue weighted by atomic mass is 19.4. The lowest BCUT2D eigenvalue weighted by Gasteiger charge is -2.22. The number of benzene rings is 1. The maximum atomic E-state index is 12.6. The third kappa shape index (κ3) is 6.40. The summed E-state index contributed by atoms with van der Waals surface area (Å²) in [6, 6.07) is 3.79. The van der Waals surface area contributed by atoms with Crippen molar-refractivity contribution >= 4 is 22.6 Å². The summed E-state index contributed by atoms with van der Waals surface area (Å²) >= 11 is 0. The van der Waals surface area contributed by atoms with Crippen LogP contribution in [0.2, 0.25) is 0 Å². The molecular weight excluding hydrogens is 382 g/mol. The van der Waals surface area contributed by atoms with Gasteiger partial charge in [-0.1, -0.05) is 0 Å². The lowest BCUT2D eigenvalue weighted by molar-refractivity contribution is -0.149. The number of alkyl halides is 6. The number of halogens is 6. The summed E-state index contributed by atoms with van der Waals surface area (Å²) in [4.78, 5) is 18.3. The van der Waals surface area contributed by atoms with Crippen molar-refractivity contribution < 1.29 is 35.9 Å². The van der Waals surface area contributed by atoms with Crippen LogP contribution < -0.4 is 5.32 Å². The Labute approximate surface area is 149 Å². The highest BCUT2D eigenvalue weighted by Crippen LogP contribution is 2.29. The molecule has 1 heterocycles. The van der Waals surface area contributed by atoms with Crippen molar-refractivity contribution in [3.05, 3.63) is 24.0 Å². The molecule has 6 nitrogen and oxygen atoms in total. The van der Waals surface area contributed by atoms with Gasteiger partial charge < -0.3 is 15.0 Å². The zero-order valence-corrected chi connectivity index (χ0v) is 14.0. The van der Waals surface area contributed by atoms with E-state index in [0.29, 0.717) is 0 Å². The Morgan fingerprint density at radius 3 is 2.56 bits per heavy atom. The number of amides is 1. The first kappa shape index (κ1) is 21.0. The van der Waals surface area contributed by atoms with E-state index in [1.807, 2.05) is 0 Å². The quantitative estimate of drug-likeness (QED) is 0.704. The fourth-order valence-corrected chi connectivity index (χ4v) is 2.31. The van der Waals surface area contributed by atoms with Crippen LogP contribution in [-0.2, 0) is 15.7 Å². The van der Waals surface area contributed by atoms with E-state index in [2.05, 4.69) is 15.3 Å². The summed E-state index contributed by atoms with van der Waals surface area (Å²) in [6.45, 7) is -1.96. The van der Waals surface area contributed by atoms with Gasteiger partial charge in [0.15, 0.2) is 0 Å². The van der Waals surface area contributed by atoms with Crippen LogP contribution in [0.15, 0.2) is 18.2 Å². The number of anilines is 1. The van der Waals surface area contributed by atoms with Crippen molar-refractivity contribution in [2.24, 2.45) is 0 Å². The molecule has 0 radical (unpaired) electrons. The zero-order chi connectivity index (χ0) is 20.2. The van der Waals surface area contributed by atoms with Crippen molar-refractivity contribution in [2.45, 2.75) is 12.4 Å². The number of hydrogen-bond acceptors (Lipinski definition) is 4. The Bertz CT molecular complexity index is 787. The van der Waals surface area contributed by atoms with E-state index < -0.39 is 37.2 Å². The van der Waals surface area contributed by atoms with Crippen LogP contribution in [-0.4, -0.2) is 60.3 Å². The molecule has 0 aliphatic heterocycles. The third-order valence-corrected chi connectivity index (χ3v) is 3.42. The Kier molecular flexibility index (Phi) is 6.31. The smallest absolute Gasteiger partial charge is 0.383 e. The second kappa shape index (κ2) is 8.13. The average molecular weight is 398 g/mol. The largest absolute Gasteiger partial charge is 0.449 e. The second-order valence-electron chi connectivity index (χ2n) is 5.68. The molecule has 0 aliphatic rings. The number of aromatic amines is 1. The summed E-state index contributed by atoms with van der Waals surface area (Å²) in [5.74, 6) is -1.93. The van der Waals surface area contributed by atoms with Crippen molar-refractivity contribution in [3.8, 4) is 0 Å². The minimum atomic E-state index is -4.65. The van der Waals surface area contributed by atoms with Gasteiger partial charge in [-0.05, 0) is 18.2 Å². The molecule has 2 rings (SSSR count). The molecule has 150 valence electrons. The Balaban J connectivity index is 2.06. The summed E-state index contributed by atoms with van der Waals surface area (Å²) in [5, 5.41) is 2.36. The van der Waals surface area contributed by atoms with Gasteiger partial charge in [0.25, 0.3) is 0 Å². The number of fused-ring (bicyclic) bond motifs is 1. The number of H-pyrrole nitrogens is 1. The van der Waals surface area contributed by atoms with Gasteiger partial charge in [-0.3, -0.25) is 9.69 Å². The first-order valence-electron chi connectivity index (χ1n) is 7.63. The molecule has 2 N–H and O–H groups in total. The standard InChI is InChI=1S/C15H16F6N4O2/c1-27-5-4-25(8-14(16,17)18)7-12(26)22-9-2-3-10-11(6-9)24-13(23-10)15(19,20)21/h2-3,6H,4-5,7-8H2,1H3,(H,22,26)(H,23,24). The number of ether oxygens (including phenoxy) is 1. The lowest BCUT2D eigenvalue weighted by atomic mass is 10.2. The molecule has 0 saturated carbocycles. The molecule has 12 heteroatoms. The van der Waals surface area contributed by atoms with Crippen molar-refractivity contribution in [1.82, 2.24) is 14.9 Å². The van der Waals surface area contributed by atoms with E-state index >= 15 is 0 Å². The van der Waals surface area contributed by atoms with Crippen LogP contribution in [0.4, 0.5) is 32.0 Å². The number of methoxy groups -OCH3 is 1. The number of imidazole rings is 1. The van der Waals surface area contributed by atoms with Crippen molar-refractivity contribution in [3.63, 3.8) is 0 Å². The summed E-state index contributed by atoms with van der Waals surface area (Å²) in [7, 11) is 1.32. The maximum Gasteiger partial charge on any atom is 0.449 e. The molecule has 0 saturated heterocycles. The summed E-state index contributed by atoms with van der Waals surface area (Å²) < 4.78 is 80.4. The van der Waals surface area contributed by atoms with E-state index in [-0.39, 0.29) is 29.9 Å². The Hall–Kier alpha value is -2.34. The summed E-state index contributed by atoms with van der Waals surface area (Å²) in [6.07, 6.45) is -9.14. The molecule has 1 aromatic carbocycles. The number of carbonyl (C=O) groups is 1. The van der Waals surface area contributed by atoms with Crippen LogP contribution in [0, 0.1) is 0 Å². The number of rotatable bonds is 7. The highest BCUT2D eigenvalue weighted by molar-refractivity contribution is 5.94. The molecule has 0 bridgehead atoms. The number of nitrogens with zero attached hydrogens (tertiary/aromatic N) is 2. The number of hydrogen-bond donors (Lipinski definition) is 2. The summed E-state index contributed by atoms with van der Waals surface area (Å²) in [5.41, 5.74) is 0.203. The van der Waals surface area contributed by atoms with Gasteiger partial charge in [0.05, 0.1) is 30.7 Å². The van der Waals surface area contributed by atoms with Gasteiger partial charge in [0.1, 0.15) is 0 Å². The molecule has 1 amide bonds. The monoisotopic (exact) mass is 398 g/mol. The zero-order valence-electron chi connectivity index (χ0n) is 14.0. The SMILES string of the molecule is COCCN(CC(=O)Nc1ccc2nc(C(F)(F)F)[nH]c2c1)CC(F)(F)F. The molecular formula is C15H16F6N4O2. The number of nitrogens with one attached hydrogen (secondary N) is 2. The Morgan fingerprint density at radius 1 is 1.26 bits per heavy atom. The highest BCUT2D eigenvalue weighted by Gasteiger charge is 2.35. The predicted octanol–water partition coefficient (Wildman–Crippen LogP) is 3.03. The average Bonchev–Trinajstić information content (AvgIpc) is 2.94. The molecule has 0 fully saturated rings. The molecule has 0 unspecified atom stereocenters. The Morgan fingerprint density at radius 2 is 1.96 bits per heavy atom. The van der Waals surface area contributed by atoms with Gasteiger partial charge in [0, 0.05) is 19.3 Å². The molecule has 0 spiro atoms. The van der Waals surface area contributed by atoms with Crippen LogP contribution in [0.3, 0.4) is 0 Å². The molecule has 0 aliphatic carbocycles. The lowest BCUT2D eigenvalue weighted by Crippen LogP contribution is -2.41. The van der Waals surface area contributed by atoms with Crippen molar-refractivity contribution in [1.29, 1.82) is 0 Å². The number of aromatic nitrogens is 2. The van der Waals surface area contributed by atoms with Gasteiger partial charge in [-0.25, -0.2) is 4.98 Å². The fourth-order valence-electron chi connectivity index (χ4n) is 2.31. The van der Waals surface area contributed by atoms with Gasteiger partial charge in [-0.2, -0.15) is 26.3 Å². The fraction of sp³-hybridized carbons (Fsp3) is 0.467. The van der Waals surface area contributed by atoms with E-state index in [0.717, 1.165) is 4.90 Å². The van der Waals surface area contributed by atoms with E-state index in [1.165, 1.54) is 25.3 Å². The minimum Gasteiger partial charge on any atom is -0.383 e. The molecule has 1 aromatic heterocycles. The minimum absolute atomic E-state index is 0.00365. The van der Waals surface area contributed by atoms with Gasteiger partial charge in [0.2, 0.25) is 11.7 Å². The van der Waals surface area contributed by atoms with E-state index in [4.69, 9.17) is 4.74 Å². The van der Waals surface area contributed by atoms with Crippen molar-refractivity contribution in [2.75, 3.05) is 38.7 Å². The van der Waals surface area contributed by atoms with Crippen LogP contribution in [0.1, 0.15) is 5.82 Å². The topological polar surface area (TPSA) is 70.2 Å². The van der Waals surface area contributed by atoms with E-state index in [9.17, 15) is 31.1 Å². The maximum absolute atomic E-state index is 12.6. The predicted molar refractivity (Wildman–Crippen MR) is 84.1 cm³/mol. The normalized spacial score (nSPS) is 12.7. The molecule has 2 aromatic rings. The first-order chi connectivity index (χ1) is 12.5. The second-order valence-corrected chi connectivity index (χ2v) is 5.68. The molecule has 27 heavy (non-hydrogen) atoms.